The molecule has 0 radical (unpaired) electrons. The first kappa shape index (κ1) is 15.0. The van der Waals surface area contributed by atoms with Crippen LogP contribution in [0.2, 0.25) is 0 Å². The van der Waals surface area contributed by atoms with Gasteiger partial charge in [-0.3, -0.25) is 0 Å². The van der Waals surface area contributed by atoms with Gasteiger partial charge in [-0.05, 0) is 48.2 Å². The molecule has 0 fully saturated rings. The Kier molecular flexibility index (Phi) is 4.93. The van der Waals surface area contributed by atoms with Crippen LogP contribution in [0.4, 0.5) is 5.69 Å². The molecule has 0 saturated carbocycles. The zero-order valence-corrected chi connectivity index (χ0v) is 12.4. The fourth-order valence-corrected chi connectivity index (χ4v) is 2.08. The standard InChI is InChI=1S/C17H21NO3/c1-3-12-7-13(4-2)9-15(8-12)21-11-18-16-10-14(19)5-6-17(16)20/h5-10,18-20H,3-4,11H2,1-2H3. The first-order valence-corrected chi connectivity index (χ1v) is 7.13. The van der Waals surface area contributed by atoms with Gasteiger partial charge in [0, 0.05) is 6.07 Å². The van der Waals surface area contributed by atoms with Crippen LogP contribution in [0.1, 0.15) is 25.0 Å². The van der Waals surface area contributed by atoms with Crippen molar-refractivity contribution in [2.24, 2.45) is 0 Å². The molecule has 21 heavy (non-hydrogen) atoms. The van der Waals surface area contributed by atoms with Gasteiger partial charge >= 0.3 is 0 Å². The van der Waals surface area contributed by atoms with E-state index in [1.807, 2.05) is 12.1 Å². The Labute approximate surface area is 125 Å². The van der Waals surface area contributed by atoms with Crippen LogP contribution in [0.3, 0.4) is 0 Å². The second kappa shape index (κ2) is 6.88. The molecule has 2 aromatic rings. The van der Waals surface area contributed by atoms with Gasteiger partial charge in [-0.1, -0.05) is 19.9 Å². The first-order valence-electron chi connectivity index (χ1n) is 7.13. The van der Waals surface area contributed by atoms with E-state index in [2.05, 4.69) is 25.2 Å². The van der Waals surface area contributed by atoms with Gasteiger partial charge in [0.1, 0.15) is 17.2 Å². The molecule has 0 aromatic heterocycles. The van der Waals surface area contributed by atoms with Crippen LogP contribution in [-0.4, -0.2) is 16.9 Å². The summed E-state index contributed by atoms with van der Waals surface area (Å²) in [6.07, 6.45) is 1.93. The number of rotatable bonds is 6. The molecule has 2 rings (SSSR count). The molecule has 0 atom stereocenters. The zero-order valence-electron chi connectivity index (χ0n) is 12.4. The lowest BCUT2D eigenvalue weighted by molar-refractivity contribution is 0.345. The van der Waals surface area contributed by atoms with E-state index in [9.17, 15) is 10.2 Å². The molecule has 0 aliphatic carbocycles. The molecule has 0 saturated heterocycles. The molecule has 0 aliphatic rings. The lowest BCUT2D eigenvalue weighted by Gasteiger charge is -2.12. The van der Waals surface area contributed by atoms with Gasteiger partial charge in [-0.25, -0.2) is 0 Å². The number of hydrogen-bond acceptors (Lipinski definition) is 4. The highest BCUT2D eigenvalue weighted by Crippen LogP contribution is 2.27. The lowest BCUT2D eigenvalue weighted by Crippen LogP contribution is -2.09. The largest absolute Gasteiger partial charge is 0.508 e. The molecule has 2 aromatic carbocycles. The third kappa shape index (κ3) is 4.05. The maximum atomic E-state index is 9.67. The van der Waals surface area contributed by atoms with E-state index in [4.69, 9.17) is 4.74 Å². The molecular formula is C17H21NO3. The van der Waals surface area contributed by atoms with Gasteiger partial charge in [-0.15, -0.1) is 0 Å². The summed E-state index contributed by atoms with van der Waals surface area (Å²) in [6, 6.07) is 10.5. The molecule has 0 spiro atoms. The highest BCUT2D eigenvalue weighted by Gasteiger charge is 2.03. The molecule has 0 amide bonds. The van der Waals surface area contributed by atoms with Crippen LogP contribution in [0, 0.1) is 0 Å². The van der Waals surface area contributed by atoms with E-state index in [0.717, 1.165) is 18.6 Å². The topological polar surface area (TPSA) is 61.7 Å². The van der Waals surface area contributed by atoms with Crippen LogP contribution in [0.15, 0.2) is 36.4 Å². The molecule has 0 heterocycles. The van der Waals surface area contributed by atoms with Crippen molar-refractivity contribution < 1.29 is 14.9 Å². The average molecular weight is 287 g/mol. The minimum atomic E-state index is 0.0768. The van der Waals surface area contributed by atoms with Crippen LogP contribution in [0.25, 0.3) is 0 Å². The predicted octanol–water partition coefficient (Wildman–Crippen LogP) is 3.67. The van der Waals surface area contributed by atoms with Gasteiger partial charge in [0.2, 0.25) is 0 Å². The van der Waals surface area contributed by atoms with Crippen molar-refractivity contribution in [1.82, 2.24) is 0 Å². The van der Waals surface area contributed by atoms with Crippen LogP contribution >= 0.6 is 0 Å². The van der Waals surface area contributed by atoms with E-state index in [0.29, 0.717) is 5.69 Å². The molecule has 4 heteroatoms. The molecular weight excluding hydrogens is 266 g/mol. The van der Waals surface area contributed by atoms with Crippen molar-refractivity contribution in [3.63, 3.8) is 0 Å². The molecule has 0 aliphatic heterocycles. The monoisotopic (exact) mass is 287 g/mol. The third-order valence-corrected chi connectivity index (χ3v) is 3.32. The molecule has 4 nitrogen and oxygen atoms in total. The smallest absolute Gasteiger partial charge is 0.159 e. The maximum Gasteiger partial charge on any atom is 0.159 e. The molecule has 112 valence electrons. The summed E-state index contributed by atoms with van der Waals surface area (Å²) in [5, 5.41) is 22.0. The van der Waals surface area contributed by atoms with Crippen LogP contribution < -0.4 is 10.1 Å². The fraction of sp³-hybridized carbons (Fsp3) is 0.294. The number of anilines is 1. The van der Waals surface area contributed by atoms with Gasteiger partial charge in [0.05, 0.1) is 5.69 Å². The number of aromatic hydroxyl groups is 2. The van der Waals surface area contributed by atoms with Gasteiger partial charge in [0.25, 0.3) is 0 Å². The Hall–Kier alpha value is -2.36. The lowest BCUT2D eigenvalue weighted by atomic mass is 10.1. The van der Waals surface area contributed by atoms with Crippen molar-refractivity contribution in [2.45, 2.75) is 26.7 Å². The summed E-state index contributed by atoms with van der Waals surface area (Å²) in [7, 11) is 0. The number of phenols is 2. The molecule has 3 N–H and O–H groups in total. The number of hydrogen-bond donors (Lipinski definition) is 3. The number of phenolic OH excluding ortho intramolecular Hbond substituents is 2. The highest BCUT2D eigenvalue weighted by atomic mass is 16.5. The first-order chi connectivity index (χ1) is 10.1. The Morgan fingerprint density at radius 2 is 1.62 bits per heavy atom. The quantitative estimate of drug-likeness (QED) is 0.431. The summed E-state index contributed by atoms with van der Waals surface area (Å²) < 4.78 is 5.69. The fourth-order valence-electron chi connectivity index (χ4n) is 2.08. The van der Waals surface area contributed by atoms with Crippen LogP contribution in [-0.2, 0) is 12.8 Å². The summed E-state index contributed by atoms with van der Waals surface area (Å²) in [5.74, 6) is 0.975. The average Bonchev–Trinajstić information content (AvgIpc) is 2.50. The second-order valence-electron chi connectivity index (χ2n) is 4.86. The minimum Gasteiger partial charge on any atom is -0.508 e. The van der Waals surface area contributed by atoms with Gasteiger partial charge in [0.15, 0.2) is 6.73 Å². The Balaban J connectivity index is 2.01. The molecule has 0 unspecified atom stereocenters. The van der Waals surface area contributed by atoms with E-state index >= 15 is 0 Å². The normalized spacial score (nSPS) is 10.4. The Bertz CT molecular complexity index is 589. The van der Waals surface area contributed by atoms with Crippen molar-refractivity contribution in [2.75, 3.05) is 12.0 Å². The maximum absolute atomic E-state index is 9.67. The minimum absolute atomic E-state index is 0.0768. The highest BCUT2D eigenvalue weighted by molar-refractivity contribution is 5.58. The van der Waals surface area contributed by atoms with Crippen LogP contribution in [0.5, 0.6) is 17.2 Å². The number of benzene rings is 2. The summed E-state index contributed by atoms with van der Waals surface area (Å²) >= 11 is 0. The molecule has 0 bridgehead atoms. The number of aryl methyl sites for hydroxylation is 2. The summed E-state index contributed by atoms with van der Waals surface area (Å²) in [5.41, 5.74) is 2.92. The SMILES string of the molecule is CCc1cc(CC)cc(OCNc2cc(O)ccc2O)c1. The summed E-state index contributed by atoms with van der Waals surface area (Å²) in [6.45, 7) is 4.44. The van der Waals surface area contributed by atoms with E-state index in [1.165, 1.54) is 29.3 Å². The zero-order chi connectivity index (χ0) is 15.2. The van der Waals surface area contributed by atoms with Gasteiger partial charge in [-0.2, -0.15) is 0 Å². The van der Waals surface area contributed by atoms with Crippen molar-refractivity contribution in [3.05, 3.63) is 47.5 Å². The van der Waals surface area contributed by atoms with Gasteiger partial charge < -0.3 is 20.3 Å². The van der Waals surface area contributed by atoms with Crippen molar-refractivity contribution >= 4 is 5.69 Å². The van der Waals surface area contributed by atoms with E-state index in [1.54, 1.807) is 0 Å². The Morgan fingerprint density at radius 3 is 2.24 bits per heavy atom. The van der Waals surface area contributed by atoms with E-state index < -0.39 is 0 Å². The Morgan fingerprint density at radius 1 is 0.952 bits per heavy atom. The predicted molar refractivity (Wildman–Crippen MR) is 84.1 cm³/mol. The second-order valence-corrected chi connectivity index (χ2v) is 4.86. The van der Waals surface area contributed by atoms with Crippen molar-refractivity contribution in [1.29, 1.82) is 0 Å². The van der Waals surface area contributed by atoms with E-state index in [-0.39, 0.29) is 18.2 Å². The number of ether oxygens (including phenoxy) is 1. The number of nitrogens with one attached hydrogen (secondary N) is 1. The summed E-state index contributed by atoms with van der Waals surface area (Å²) in [4.78, 5) is 0. The van der Waals surface area contributed by atoms with Crippen molar-refractivity contribution in [3.8, 4) is 17.2 Å². The third-order valence-electron chi connectivity index (χ3n) is 3.32.